The van der Waals surface area contributed by atoms with E-state index in [2.05, 4.69) is 32.9 Å². The molecule has 0 nitrogen and oxygen atoms in total. The van der Waals surface area contributed by atoms with Crippen LogP contribution in [0.15, 0.2) is 12.2 Å². The molecule has 2 aliphatic rings. The lowest BCUT2D eigenvalue weighted by Gasteiger charge is -2.48. The Morgan fingerprint density at radius 3 is 2.55 bits per heavy atom. The van der Waals surface area contributed by atoms with Gasteiger partial charge in [-0.15, -0.1) is 0 Å². The van der Waals surface area contributed by atoms with Crippen molar-refractivity contribution in [3.05, 3.63) is 12.2 Å². The van der Waals surface area contributed by atoms with E-state index in [0.717, 1.165) is 17.8 Å². The first kappa shape index (κ1) is 7.39. The summed E-state index contributed by atoms with van der Waals surface area (Å²) in [6.07, 6.45) is 7.60. The molecule has 3 unspecified atom stereocenters. The van der Waals surface area contributed by atoms with Gasteiger partial charge in [0.15, 0.2) is 0 Å². The summed E-state index contributed by atoms with van der Waals surface area (Å²) in [4.78, 5) is 0. The molecule has 1 saturated carbocycles. The van der Waals surface area contributed by atoms with Gasteiger partial charge in [-0.05, 0) is 36.0 Å². The fourth-order valence-electron chi connectivity index (χ4n) is 2.71. The second-order valence-corrected chi connectivity index (χ2v) is 5.20. The molecule has 1 fully saturated rings. The Balaban J connectivity index is 2.03. The maximum absolute atomic E-state index is 2.42. The maximum Gasteiger partial charge on any atom is -0.0196 e. The van der Waals surface area contributed by atoms with Crippen molar-refractivity contribution in [1.82, 2.24) is 0 Å². The minimum Gasteiger partial charge on any atom is -0.0879 e. The molecule has 0 spiro atoms. The van der Waals surface area contributed by atoms with E-state index in [1.54, 1.807) is 0 Å². The molecule has 62 valence electrons. The van der Waals surface area contributed by atoms with Crippen LogP contribution in [0.5, 0.6) is 0 Å². The van der Waals surface area contributed by atoms with Gasteiger partial charge in [0.25, 0.3) is 0 Å². The fraction of sp³-hybridized carbons (Fsp3) is 0.818. The number of rotatable bonds is 0. The zero-order valence-corrected chi connectivity index (χ0v) is 7.80. The van der Waals surface area contributed by atoms with Gasteiger partial charge in [-0.1, -0.05) is 32.9 Å². The minimum atomic E-state index is 0.549. The minimum absolute atomic E-state index is 0.549. The van der Waals surface area contributed by atoms with Crippen LogP contribution in [0.2, 0.25) is 0 Å². The zero-order chi connectivity index (χ0) is 8.06. The molecule has 0 radical (unpaired) electrons. The molecule has 3 atom stereocenters. The number of hydrogen-bond acceptors (Lipinski definition) is 0. The van der Waals surface area contributed by atoms with Gasteiger partial charge < -0.3 is 0 Å². The number of hydrogen-bond donors (Lipinski definition) is 0. The lowest BCUT2D eigenvalue weighted by Crippen LogP contribution is -2.41. The highest BCUT2D eigenvalue weighted by molar-refractivity contribution is 5.11. The second-order valence-electron chi connectivity index (χ2n) is 5.20. The first-order chi connectivity index (χ1) is 5.09. The summed E-state index contributed by atoms with van der Waals surface area (Å²) in [5.74, 6) is 2.96. The van der Waals surface area contributed by atoms with Crippen LogP contribution in [0, 0.1) is 23.2 Å². The smallest absolute Gasteiger partial charge is 0.0196 e. The van der Waals surface area contributed by atoms with Crippen LogP contribution >= 0.6 is 0 Å². The van der Waals surface area contributed by atoms with E-state index in [0.29, 0.717) is 5.41 Å². The molecule has 0 aromatic heterocycles. The molecular formula is C11H18. The predicted molar refractivity (Wildman–Crippen MR) is 48.3 cm³/mol. The van der Waals surface area contributed by atoms with Crippen LogP contribution in [0.3, 0.4) is 0 Å². The van der Waals surface area contributed by atoms with Crippen molar-refractivity contribution in [3.8, 4) is 0 Å². The van der Waals surface area contributed by atoms with Crippen LogP contribution in [-0.2, 0) is 0 Å². The summed E-state index contributed by atoms with van der Waals surface area (Å²) < 4.78 is 0. The first-order valence-corrected chi connectivity index (χ1v) is 4.76. The van der Waals surface area contributed by atoms with Crippen LogP contribution < -0.4 is 0 Å². The predicted octanol–water partition coefficient (Wildman–Crippen LogP) is 3.24. The molecule has 0 bridgehead atoms. The largest absolute Gasteiger partial charge is 0.0879 e. The third-order valence-corrected chi connectivity index (χ3v) is 3.50. The molecule has 0 amide bonds. The van der Waals surface area contributed by atoms with Crippen LogP contribution in [0.1, 0.15) is 33.6 Å². The van der Waals surface area contributed by atoms with Crippen LogP contribution in [0.25, 0.3) is 0 Å². The summed E-state index contributed by atoms with van der Waals surface area (Å²) in [5.41, 5.74) is 0.549. The van der Waals surface area contributed by atoms with E-state index in [9.17, 15) is 0 Å². The van der Waals surface area contributed by atoms with Crippen molar-refractivity contribution in [2.75, 3.05) is 0 Å². The van der Waals surface area contributed by atoms with Crippen molar-refractivity contribution in [2.24, 2.45) is 23.2 Å². The molecule has 0 aromatic rings. The molecule has 0 heterocycles. The Morgan fingerprint density at radius 2 is 2.00 bits per heavy atom. The Hall–Kier alpha value is -0.260. The van der Waals surface area contributed by atoms with Gasteiger partial charge in [-0.3, -0.25) is 0 Å². The molecule has 0 heteroatoms. The maximum atomic E-state index is 2.42. The van der Waals surface area contributed by atoms with E-state index in [4.69, 9.17) is 0 Å². The van der Waals surface area contributed by atoms with E-state index >= 15 is 0 Å². The number of allylic oxidation sites excluding steroid dienone is 2. The lowest BCUT2D eigenvalue weighted by atomic mass is 9.57. The van der Waals surface area contributed by atoms with E-state index < -0.39 is 0 Å². The van der Waals surface area contributed by atoms with Gasteiger partial charge in [0.1, 0.15) is 0 Å². The van der Waals surface area contributed by atoms with Crippen molar-refractivity contribution in [3.63, 3.8) is 0 Å². The SMILES string of the molecule is CC(C)(C)C1CC2C=CCC21. The van der Waals surface area contributed by atoms with Crippen molar-refractivity contribution in [2.45, 2.75) is 33.6 Å². The molecule has 2 rings (SSSR count). The summed E-state index contributed by atoms with van der Waals surface area (Å²) >= 11 is 0. The Labute approximate surface area is 69.7 Å². The van der Waals surface area contributed by atoms with E-state index in [1.165, 1.54) is 12.8 Å². The third kappa shape index (κ3) is 1.04. The van der Waals surface area contributed by atoms with Gasteiger partial charge in [0.05, 0.1) is 0 Å². The van der Waals surface area contributed by atoms with Gasteiger partial charge in [-0.2, -0.15) is 0 Å². The second kappa shape index (κ2) is 2.12. The Bertz CT molecular complexity index is 183. The van der Waals surface area contributed by atoms with Gasteiger partial charge in [0, 0.05) is 0 Å². The highest BCUT2D eigenvalue weighted by Crippen LogP contribution is 2.54. The molecule has 11 heavy (non-hydrogen) atoms. The summed E-state index contributed by atoms with van der Waals surface area (Å²) in [6.45, 7) is 7.14. The topological polar surface area (TPSA) is 0 Å². The first-order valence-electron chi connectivity index (χ1n) is 4.76. The Morgan fingerprint density at radius 1 is 1.27 bits per heavy atom. The van der Waals surface area contributed by atoms with Crippen molar-refractivity contribution < 1.29 is 0 Å². The highest BCUT2D eigenvalue weighted by Gasteiger charge is 2.46. The van der Waals surface area contributed by atoms with Crippen LogP contribution in [-0.4, -0.2) is 0 Å². The van der Waals surface area contributed by atoms with Crippen LogP contribution in [0.4, 0.5) is 0 Å². The molecular weight excluding hydrogens is 132 g/mol. The van der Waals surface area contributed by atoms with Gasteiger partial charge >= 0.3 is 0 Å². The fourth-order valence-corrected chi connectivity index (χ4v) is 2.71. The average molecular weight is 150 g/mol. The average Bonchev–Trinajstić information content (AvgIpc) is 2.08. The van der Waals surface area contributed by atoms with Crippen molar-refractivity contribution in [1.29, 1.82) is 0 Å². The van der Waals surface area contributed by atoms with Gasteiger partial charge in [0.2, 0.25) is 0 Å². The number of fused-ring (bicyclic) bond motifs is 1. The normalized spacial score (nSPS) is 41.9. The van der Waals surface area contributed by atoms with E-state index in [-0.39, 0.29) is 0 Å². The molecule has 0 saturated heterocycles. The van der Waals surface area contributed by atoms with Crippen molar-refractivity contribution >= 4 is 0 Å². The quantitative estimate of drug-likeness (QED) is 0.465. The molecule has 0 N–H and O–H groups in total. The molecule has 2 aliphatic carbocycles. The zero-order valence-electron chi connectivity index (χ0n) is 7.80. The Kier molecular flexibility index (Phi) is 1.42. The third-order valence-electron chi connectivity index (χ3n) is 3.50. The summed E-state index contributed by atoms with van der Waals surface area (Å²) in [5, 5.41) is 0. The lowest BCUT2D eigenvalue weighted by molar-refractivity contribution is 0.0236. The monoisotopic (exact) mass is 150 g/mol. The highest BCUT2D eigenvalue weighted by atomic mass is 14.5. The summed E-state index contributed by atoms with van der Waals surface area (Å²) in [7, 11) is 0. The van der Waals surface area contributed by atoms with Gasteiger partial charge in [-0.25, -0.2) is 0 Å². The summed E-state index contributed by atoms with van der Waals surface area (Å²) in [6, 6.07) is 0. The standard InChI is InChI=1S/C11H18/c1-11(2,3)10-7-8-5-4-6-9(8)10/h4-5,8-10H,6-7H2,1-3H3. The molecule has 0 aromatic carbocycles. The molecule has 0 aliphatic heterocycles. The van der Waals surface area contributed by atoms with E-state index in [1.807, 2.05) is 0 Å².